The second-order valence-electron chi connectivity index (χ2n) is 9.65. The zero-order valence-electron chi connectivity index (χ0n) is 19.4. The Bertz CT molecular complexity index is 963. The molecule has 5 nitrogen and oxygen atoms in total. The molecular formula is C27H34ClN5. The van der Waals surface area contributed by atoms with E-state index in [2.05, 4.69) is 49.9 Å². The van der Waals surface area contributed by atoms with Crippen LogP contribution in [0.3, 0.4) is 0 Å². The zero-order valence-corrected chi connectivity index (χ0v) is 20.2. The van der Waals surface area contributed by atoms with E-state index in [0.29, 0.717) is 0 Å². The number of halogens is 1. The average molecular weight is 464 g/mol. The van der Waals surface area contributed by atoms with Gasteiger partial charge in [-0.3, -0.25) is 4.90 Å². The van der Waals surface area contributed by atoms with Crippen LogP contribution in [0.5, 0.6) is 0 Å². The number of rotatable bonds is 5. The van der Waals surface area contributed by atoms with Crippen LogP contribution in [0.1, 0.15) is 36.8 Å². The van der Waals surface area contributed by atoms with Crippen LogP contribution < -0.4 is 9.80 Å². The van der Waals surface area contributed by atoms with Crippen LogP contribution in [0.4, 0.5) is 11.4 Å². The lowest BCUT2D eigenvalue weighted by Crippen LogP contribution is -2.46. The summed E-state index contributed by atoms with van der Waals surface area (Å²) in [6.07, 6.45) is 5.24. The molecule has 0 radical (unpaired) electrons. The van der Waals surface area contributed by atoms with Crippen molar-refractivity contribution in [2.24, 2.45) is 0 Å². The second-order valence-corrected chi connectivity index (χ2v) is 10.1. The monoisotopic (exact) mass is 463 g/mol. The lowest BCUT2D eigenvalue weighted by atomic mass is 10.0. The van der Waals surface area contributed by atoms with Gasteiger partial charge in [-0.2, -0.15) is 5.26 Å². The normalized spacial score (nSPS) is 20.8. The minimum Gasteiger partial charge on any atom is -0.371 e. The SMILES string of the molecule is N#Cc1ccc(N2CCC(N3CCCC3)CC2)cc1CN1CCN(c2ccc(Cl)cc2)CC1. The highest BCUT2D eigenvalue weighted by molar-refractivity contribution is 6.30. The van der Waals surface area contributed by atoms with Gasteiger partial charge in [0.1, 0.15) is 0 Å². The Morgan fingerprint density at radius 2 is 1.42 bits per heavy atom. The number of likely N-dealkylation sites (tertiary alicyclic amines) is 1. The quantitative estimate of drug-likeness (QED) is 0.647. The molecule has 6 heteroatoms. The molecule has 0 N–H and O–H groups in total. The van der Waals surface area contributed by atoms with Crippen LogP contribution in [-0.2, 0) is 6.54 Å². The molecule has 0 spiro atoms. The molecule has 0 saturated carbocycles. The zero-order chi connectivity index (χ0) is 22.6. The van der Waals surface area contributed by atoms with Crippen LogP contribution >= 0.6 is 11.6 Å². The smallest absolute Gasteiger partial charge is 0.0995 e. The molecule has 2 aromatic carbocycles. The molecule has 3 aliphatic heterocycles. The molecule has 3 saturated heterocycles. The topological polar surface area (TPSA) is 36.8 Å². The fourth-order valence-corrected chi connectivity index (χ4v) is 5.80. The maximum absolute atomic E-state index is 9.71. The molecule has 3 fully saturated rings. The van der Waals surface area contributed by atoms with E-state index in [9.17, 15) is 5.26 Å². The average Bonchev–Trinajstić information content (AvgIpc) is 3.40. The maximum Gasteiger partial charge on any atom is 0.0995 e. The first-order chi connectivity index (χ1) is 16.2. The highest BCUT2D eigenvalue weighted by Crippen LogP contribution is 2.27. The molecule has 0 amide bonds. The minimum atomic E-state index is 0.763. The summed E-state index contributed by atoms with van der Waals surface area (Å²) >= 11 is 6.04. The summed E-state index contributed by atoms with van der Waals surface area (Å²) < 4.78 is 0. The lowest BCUT2D eigenvalue weighted by molar-refractivity contribution is 0.208. The Balaban J connectivity index is 1.19. The Morgan fingerprint density at radius 1 is 0.788 bits per heavy atom. The van der Waals surface area contributed by atoms with Crippen LogP contribution in [0.2, 0.25) is 5.02 Å². The van der Waals surface area contributed by atoms with E-state index in [0.717, 1.165) is 68.0 Å². The Hall–Kier alpha value is -2.26. The van der Waals surface area contributed by atoms with Gasteiger partial charge in [-0.15, -0.1) is 0 Å². The van der Waals surface area contributed by atoms with E-state index in [1.807, 2.05) is 18.2 Å². The third-order valence-corrected chi connectivity index (χ3v) is 7.91. The van der Waals surface area contributed by atoms with Crippen molar-refractivity contribution >= 4 is 23.0 Å². The van der Waals surface area contributed by atoms with E-state index in [-0.39, 0.29) is 0 Å². The van der Waals surface area contributed by atoms with Crippen molar-refractivity contribution in [3.8, 4) is 6.07 Å². The summed E-state index contributed by atoms with van der Waals surface area (Å²) in [6, 6.07) is 17.8. The highest BCUT2D eigenvalue weighted by Gasteiger charge is 2.27. The number of piperidine rings is 1. The van der Waals surface area contributed by atoms with Gasteiger partial charge in [0.25, 0.3) is 0 Å². The van der Waals surface area contributed by atoms with Gasteiger partial charge < -0.3 is 14.7 Å². The van der Waals surface area contributed by atoms with Gasteiger partial charge >= 0.3 is 0 Å². The molecule has 0 atom stereocenters. The highest BCUT2D eigenvalue weighted by atomic mass is 35.5. The molecule has 3 heterocycles. The lowest BCUT2D eigenvalue weighted by Gasteiger charge is -2.38. The first kappa shape index (κ1) is 22.5. The van der Waals surface area contributed by atoms with Crippen molar-refractivity contribution in [1.82, 2.24) is 9.80 Å². The first-order valence-electron chi connectivity index (χ1n) is 12.4. The maximum atomic E-state index is 9.71. The minimum absolute atomic E-state index is 0.763. The summed E-state index contributed by atoms with van der Waals surface area (Å²) in [5.74, 6) is 0. The van der Waals surface area contributed by atoms with Gasteiger partial charge in [-0.25, -0.2) is 0 Å². The summed E-state index contributed by atoms with van der Waals surface area (Å²) in [4.78, 5) is 10.1. The van der Waals surface area contributed by atoms with E-state index in [1.54, 1.807) is 0 Å². The molecule has 33 heavy (non-hydrogen) atoms. The predicted molar refractivity (Wildman–Crippen MR) is 136 cm³/mol. The number of anilines is 2. The Kier molecular flexibility index (Phi) is 7.06. The fourth-order valence-electron chi connectivity index (χ4n) is 5.67. The molecule has 2 aromatic rings. The van der Waals surface area contributed by atoms with Gasteiger partial charge in [-0.05, 0) is 86.8 Å². The van der Waals surface area contributed by atoms with Crippen molar-refractivity contribution in [3.05, 3.63) is 58.6 Å². The van der Waals surface area contributed by atoms with Crippen molar-refractivity contribution in [2.75, 3.05) is 62.2 Å². The third kappa shape index (κ3) is 5.30. The number of hydrogen-bond acceptors (Lipinski definition) is 5. The number of benzene rings is 2. The van der Waals surface area contributed by atoms with E-state index in [4.69, 9.17) is 11.6 Å². The number of nitriles is 1. The third-order valence-electron chi connectivity index (χ3n) is 7.65. The summed E-state index contributed by atoms with van der Waals surface area (Å²) in [5.41, 5.74) is 4.49. The number of piperazine rings is 1. The van der Waals surface area contributed by atoms with E-state index >= 15 is 0 Å². The Morgan fingerprint density at radius 3 is 2.09 bits per heavy atom. The van der Waals surface area contributed by atoms with E-state index < -0.39 is 0 Å². The van der Waals surface area contributed by atoms with Crippen LogP contribution in [-0.4, -0.2) is 68.2 Å². The molecule has 0 bridgehead atoms. The van der Waals surface area contributed by atoms with Gasteiger partial charge in [-0.1, -0.05) is 11.6 Å². The second kappa shape index (κ2) is 10.3. The molecule has 0 aliphatic carbocycles. The Labute approximate surface area is 203 Å². The van der Waals surface area contributed by atoms with Gasteiger partial charge in [0.05, 0.1) is 11.6 Å². The largest absolute Gasteiger partial charge is 0.371 e. The summed E-state index contributed by atoms with van der Waals surface area (Å²) in [5, 5.41) is 10.5. The standard InChI is InChI=1S/C27H34ClN5/c28-24-4-7-25(8-5-24)33-17-15-30(16-18-33)21-23-19-27(6-3-22(23)20-29)32-13-9-26(10-14-32)31-11-1-2-12-31/h3-8,19,26H,1-2,9-18,21H2. The molecule has 0 aromatic heterocycles. The van der Waals surface area contributed by atoms with Crippen molar-refractivity contribution in [1.29, 1.82) is 5.26 Å². The summed E-state index contributed by atoms with van der Waals surface area (Å²) in [6.45, 7) is 9.64. The predicted octanol–water partition coefficient (Wildman–Crippen LogP) is 4.60. The van der Waals surface area contributed by atoms with Gasteiger partial charge in [0.15, 0.2) is 0 Å². The van der Waals surface area contributed by atoms with Crippen LogP contribution in [0, 0.1) is 11.3 Å². The number of nitrogens with zero attached hydrogens (tertiary/aromatic N) is 5. The van der Waals surface area contributed by atoms with Crippen molar-refractivity contribution in [3.63, 3.8) is 0 Å². The van der Waals surface area contributed by atoms with Gasteiger partial charge in [0, 0.05) is 68.3 Å². The molecule has 174 valence electrons. The fraction of sp³-hybridized carbons (Fsp3) is 0.519. The molecular weight excluding hydrogens is 430 g/mol. The number of hydrogen-bond donors (Lipinski definition) is 0. The summed E-state index contributed by atoms with van der Waals surface area (Å²) in [7, 11) is 0. The molecule has 0 unspecified atom stereocenters. The molecule has 5 rings (SSSR count). The van der Waals surface area contributed by atoms with Crippen molar-refractivity contribution < 1.29 is 0 Å². The first-order valence-corrected chi connectivity index (χ1v) is 12.8. The van der Waals surface area contributed by atoms with Crippen LogP contribution in [0.25, 0.3) is 0 Å². The van der Waals surface area contributed by atoms with E-state index in [1.165, 1.54) is 50.1 Å². The van der Waals surface area contributed by atoms with Gasteiger partial charge in [0.2, 0.25) is 0 Å². The molecule has 3 aliphatic rings. The van der Waals surface area contributed by atoms with Crippen LogP contribution in [0.15, 0.2) is 42.5 Å². The van der Waals surface area contributed by atoms with Crippen molar-refractivity contribution in [2.45, 2.75) is 38.3 Å².